The molecule has 0 radical (unpaired) electrons. The Balaban J connectivity index is 2.17. The molecule has 1 aromatic rings. The summed E-state index contributed by atoms with van der Waals surface area (Å²) in [7, 11) is -2.86. The van der Waals surface area contributed by atoms with E-state index in [4.69, 9.17) is 10.2 Å². The fourth-order valence-corrected chi connectivity index (χ4v) is 3.62. The van der Waals surface area contributed by atoms with E-state index >= 15 is 0 Å². The van der Waals surface area contributed by atoms with Gasteiger partial charge in [-0.15, -0.1) is 0 Å². The van der Waals surface area contributed by atoms with Crippen LogP contribution in [0.1, 0.15) is 24.5 Å². The third kappa shape index (κ3) is 2.93. The van der Waals surface area contributed by atoms with Crippen LogP contribution in [0, 0.1) is 6.92 Å². The average molecular weight is 272 g/mol. The first-order chi connectivity index (χ1) is 8.39. The highest BCUT2D eigenvalue weighted by atomic mass is 32.2. The van der Waals surface area contributed by atoms with Gasteiger partial charge in [-0.2, -0.15) is 0 Å². The summed E-state index contributed by atoms with van der Waals surface area (Å²) in [6.07, 6.45) is 0. The van der Waals surface area contributed by atoms with E-state index in [0.717, 1.165) is 11.5 Å². The predicted molar refractivity (Wildman–Crippen MR) is 70.1 cm³/mol. The molecule has 1 fully saturated rings. The first-order valence-electron chi connectivity index (χ1n) is 6.15. The fourth-order valence-electron chi connectivity index (χ4n) is 2.39. The zero-order valence-electron chi connectivity index (χ0n) is 10.8. The number of nitrogens with zero attached hydrogens (tertiary/aromatic N) is 1. The summed E-state index contributed by atoms with van der Waals surface area (Å²) in [5.41, 5.74) is 6.03. The number of aryl methyl sites for hydroxylation is 1. The smallest absolute Gasteiger partial charge is 0.152 e. The Bertz CT molecular complexity index is 493. The van der Waals surface area contributed by atoms with E-state index in [-0.39, 0.29) is 23.6 Å². The molecule has 2 heterocycles. The normalized spacial score (nSPS) is 23.7. The number of furan rings is 1. The average Bonchev–Trinajstić information content (AvgIpc) is 2.67. The SMILES string of the molecule is Cc1ccc(C(C(C)N)N2CCS(=O)(=O)CC2)o1. The van der Waals surface area contributed by atoms with Gasteiger partial charge in [0.2, 0.25) is 0 Å². The molecule has 2 N–H and O–H groups in total. The summed E-state index contributed by atoms with van der Waals surface area (Å²) in [6.45, 7) is 4.86. The van der Waals surface area contributed by atoms with Gasteiger partial charge in [0, 0.05) is 19.1 Å². The van der Waals surface area contributed by atoms with Gasteiger partial charge in [-0.25, -0.2) is 8.42 Å². The maximum absolute atomic E-state index is 11.4. The molecule has 2 atom stereocenters. The van der Waals surface area contributed by atoms with Crippen LogP contribution in [0.2, 0.25) is 0 Å². The van der Waals surface area contributed by atoms with Crippen molar-refractivity contribution >= 4 is 9.84 Å². The van der Waals surface area contributed by atoms with Crippen molar-refractivity contribution in [3.05, 3.63) is 23.7 Å². The highest BCUT2D eigenvalue weighted by Crippen LogP contribution is 2.26. The molecule has 0 amide bonds. The van der Waals surface area contributed by atoms with Crippen LogP contribution in [0.25, 0.3) is 0 Å². The largest absolute Gasteiger partial charge is 0.465 e. The highest BCUT2D eigenvalue weighted by Gasteiger charge is 2.31. The van der Waals surface area contributed by atoms with Crippen LogP contribution in [0.4, 0.5) is 0 Å². The second kappa shape index (κ2) is 5.03. The minimum Gasteiger partial charge on any atom is -0.465 e. The molecule has 0 aliphatic carbocycles. The Morgan fingerprint density at radius 1 is 1.33 bits per heavy atom. The Labute approximate surface area is 108 Å². The summed E-state index contributed by atoms with van der Waals surface area (Å²) in [5.74, 6) is 2.08. The molecule has 0 saturated carbocycles. The second-order valence-electron chi connectivity index (χ2n) is 4.94. The summed E-state index contributed by atoms with van der Waals surface area (Å²) in [5, 5.41) is 0. The van der Waals surface area contributed by atoms with E-state index in [9.17, 15) is 8.42 Å². The topological polar surface area (TPSA) is 76.5 Å². The van der Waals surface area contributed by atoms with Gasteiger partial charge in [0.15, 0.2) is 9.84 Å². The molecule has 1 aliphatic rings. The lowest BCUT2D eigenvalue weighted by Gasteiger charge is -2.35. The lowest BCUT2D eigenvalue weighted by atomic mass is 10.1. The van der Waals surface area contributed by atoms with Gasteiger partial charge in [-0.05, 0) is 26.0 Å². The zero-order valence-corrected chi connectivity index (χ0v) is 11.6. The number of hydrogen-bond acceptors (Lipinski definition) is 5. The van der Waals surface area contributed by atoms with Gasteiger partial charge < -0.3 is 10.2 Å². The van der Waals surface area contributed by atoms with Crippen LogP contribution in [-0.2, 0) is 9.84 Å². The summed E-state index contributed by atoms with van der Waals surface area (Å²) >= 11 is 0. The van der Waals surface area contributed by atoms with Gasteiger partial charge in [0.25, 0.3) is 0 Å². The van der Waals surface area contributed by atoms with Gasteiger partial charge in [-0.1, -0.05) is 0 Å². The van der Waals surface area contributed by atoms with Crippen molar-refractivity contribution in [2.75, 3.05) is 24.6 Å². The van der Waals surface area contributed by atoms with Crippen molar-refractivity contribution in [2.24, 2.45) is 5.73 Å². The molecule has 5 nitrogen and oxygen atoms in total. The molecule has 0 spiro atoms. The minimum absolute atomic E-state index is 0.0470. The van der Waals surface area contributed by atoms with Crippen molar-refractivity contribution in [2.45, 2.75) is 25.9 Å². The molecule has 2 unspecified atom stereocenters. The molecule has 1 aliphatic heterocycles. The van der Waals surface area contributed by atoms with Crippen molar-refractivity contribution < 1.29 is 12.8 Å². The van der Waals surface area contributed by atoms with E-state index < -0.39 is 9.84 Å². The van der Waals surface area contributed by atoms with Crippen LogP contribution in [0.15, 0.2) is 16.5 Å². The van der Waals surface area contributed by atoms with Crippen LogP contribution in [0.3, 0.4) is 0 Å². The van der Waals surface area contributed by atoms with Gasteiger partial charge in [0.05, 0.1) is 17.5 Å². The molecule has 18 heavy (non-hydrogen) atoms. The third-order valence-electron chi connectivity index (χ3n) is 3.32. The van der Waals surface area contributed by atoms with Crippen molar-refractivity contribution in [1.82, 2.24) is 4.90 Å². The Hall–Kier alpha value is -0.850. The monoisotopic (exact) mass is 272 g/mol. The standard InChI is InChI=1S/C12H20N2O3S/c1-9-3-4-11(17-9)12(10(2)13)14-5-7-18(15,16)8-6-14/h3-4,10,12H,5-8,13H2,1-2H3. The molecule has 2 rings (SSSR count). The Morgan fingerprint density at radius 3 is 2.39 bits per heavy atom. The van der Waals surface area contributed by atoms with E-state index in [2.05, 4.69) is 4.90 Å². The highest BCUT2D eigenvalue weighted by molar-refractivity contribution is 7.91. The fraction of sp³-hybridized carbons (Fsp3) is 0.667. The summed E-state index contributed by atoms with van der Waals surface area (Å²) in [4.78, 5) is 2.10. The number of nitrogens with two attached hydrogens (primary N) is 1. The maximum atomic E-state index is 11.4. The van der Waals surface area contributed by atoms with Crippen LogP contribution in [0.5, 0.6) is 0 Å². The molecular weight excluding hydrogens is 252 g/mol. The minimum atomic E-state index is -2.86. The molecule has 1 aromatic heterocycles. The predicted octanol–water partition coefficient (Wildman–Crippen LogP) is 0.707. The maximum Gasteiger partial charge on any atom is 0.152 e. The third-order valence-corrected chi connectivity index (χ3v) is 4.93. The molecule has 0 aromatic carbocycles. The van der Waals surface area contributed by atoms with Gasteiger partial charge >= 0.3 is 0 Å². The number of hydrogen-bond donors (Lipinski definition) is 1. The lowest BCUT2D eigenvalue weighted by Crippen LogP contribution is -2.47. The van der Waals surface area contributed by atoms with Gasteiger partial charge in [0.1, 0.15) is 11.5 Å². The molecule has 1 saturated heterocycles. The van der Waals surface area contributed by atoms with Crippen molar-refractivity contribution in [3.63, 3.8) is 0 Å². The first-order valence-corrected chi connectivity index (χ1v) is 7.97. The first kappa shape index (κ1) is 13.6. The molecule has 102 valence electrons. The molecular formula is C12H20N2O3S. The Kier molecular flexibility index (Phi) is 3.79. The quantitative estimate of drug-likeness (QED) is 0.877. The Morgan fingerprint density at radius 2 is 1.94 bits per heavy atom. The lowest BCUT2D eigenvalue weighted by molar-refractivity contribution is 0.166. The second-order valence-corrected chi connectivity index (χ2v) is 7.24. The van der Waals surface area contributed by atoms with E-state index in [1.165, 1.54) is 0 Å². The van der Waals surface area contributed by atoms with Crippen molar-refractivity contribution in [1.29, 1.82) is 0 Å². The zero-order chi connectivity index (χ0) is 13.3. The van der Waals surface area contributed by atoms with Crippen molar-refractivity contribution in [3.8, 4) is 0 Å². The number of sulfone groups is 1. The molecule has 0 bridgehead atoms. The van der Waals surface area contributed by atoms with E-state index in [1.54, 1.807) is 0 Å². The summed E-state index contributed by atoms with van der Waals surface area (Å²) in [6, 6.07) is 3.68. The molecule has 6 heteroatoms. The summed E-state index contributed by atoms with van der Waals surface area (Å²) < 4.78 is 28.5. The van der Waals surface area contributed by atoms with Gasteiger partial charge in [-0.3, -0.25) is 4.90 Å². The van der Waals surface area contributed by atoms with Crippen LogP contribution in [-0.4, -0.2) is 44.0 Å². The van der Waals surface area contributed by atoms with E-state index in [1.807, 2.05) is 26.0 Å². The van der Waals surface area contributed by atoms with Crippen LogP contribution < -0.4 is 5.73 Å². The van der Waals surface area contributed by atoms with E-state index in [0.29, 0.717) is 13.1 Å². The van der Waals surface area contributed by atoms with Crippen LogP contribution >= 0.6 is 0 Å². The number of rotatable bonds is 3.